The normalized spacial score (nSPS) is 32.3. The van der Waals surface area contributed by atoms with Crippen molar-refractivity contribution in [2.75, 3.05) is 26.3 Å². The second-order valence-electron chi connectivity index (χ2n) is 4.30. The summed E-state index contributed by atoms with van der Waals surface area (Å²) >= 11 is 0. The fourth-order valence-electron chi connectivity index (χ4n) is 2.47. The standard InChI is InChI=1S/C11H20N2O2/c1-2-12-10-4-3-6-13(11(10)14)9-5-7-15-8-9/h9-10,12H,2-8H2,1H3. The molecule has 0 saturated carbocycles. The van der Waals surface area contributed by atoms with Crippen LogP contribution in [-0.2, 0) is 9.53 Å². The van der Waals surface area contributed by atoms with E-state index < -0.39 is 0 Å². The number of carbonyl (C=O) groups excluding carboxylic acids is 1. The van der Waals surface area contributed by atoms with E-state index in [1.807, 2.05) is 11.8 Å². The first-order valence-electron chi connectivity index (χ1n) is 5.94. The number of nitrogens with one attached hydrogen (secondary N) is 1. The van der Waals surface area contributed by atoms with E-state index in [0.29, 0.717) is 6.04 Å². The van der Waals surface area contributed by atoms with Crippen molar-refractivity contribution in [1.29, 1.82) is 0 Å². The molecule has 4 heteroatoms. The van der Waals surface area contributed by atoms with Crippen LogP contribution in [0.15, 0.2) is 0 Å². The summed E-state index contributed by atoms with van der Waals surface area (Å²) in [5.74, 6) is 0.276. The molecule has 15 heavy (non-hydrogen) atoms. The van der Waals surface area contributed by atoms with Gasteiger partial charge in [0.2, 0.25) is 5.91 Å². The molecule has 0 aliphatic carbocycles. The monoisotopic (exact) mass is 212 g/mol. The summed E-state index contributed by atoms with van der Waals surface area (Å²) in [5.41, 5.74) is 0. The van der Waals surface area contributed by atoms with Gasteiger partial charge in [0.1, 0.15) is 0 Å². The smallest absolute Gasteiger partial charge is 0.240 e. The van der Waals surface area contributed by atoms with Crippen LogP contribution in [0.5, 0.6) is 0 Å². The largest absolute Gasteiger partial charge is 0.379 e. The number of carbonyl (C=O) groups is 1. The molecule has 2 unspecified atom stereocenters. The van der Waals surface area contributed by atoms with Crippen molar-refractivity contribution in [2.24, 2.45) is 0 Å². The van der Waals surface area contributed by atoms with Gasteiger partial charge in [-0.2, -0.15) is 0 Å². The quantitative estimate of drug-likeness (QED) is 0.735. The molecule has 0 aromatic heterocycles. The minimum Gasteiger partial charge on any atom is -0.379 e. The molecule has 2 saturated heterocycles. The van der Waals surface area contributed by atoms with Crippen LogP contribution < -0.4 is 5.32 Å². The fraction of sp³-hybridized carbons (Fsp3) is 0.909. The first kappa shape index (κ1) is 10.9. The summed E-state index contributed by atoms with van der Waals surface area (Å²) in [6, 6.07) is 0.378. The van der Waals surface area contributed by atoms with Crippen molar-refractivity contribution in [1.82, 2.24) is 10.2 Å². The van der Waals surface area contributed by atoms with Gasteiger partial charge in [-0.1, -0.05) is 6.92 Å². The zero-order chi connectivity index (χ0) is 10.7. The van der Waals surface area contributed by atoms with Gasteiger partial charge in [0.05, 0.1) is 18.7 Å². The van der Waals surface area contributed by atoms with E-state index in [9.17, 15) is 4.79 Å². The van der Waals surface area contributed by atoms with Crippen molar-refractivity contribution >= 4 is 5.91 Å². The molecule has 2 rings (SSSR count). The summed E-state index contributed by atoms with van der Waals surface area (Å²) in [6.45, 7) is 5.36. The summed E-state index contributed by atoms with van der Waals surface area (Å²) < 4.78 is 5.34. The van der Waals surface area contributed by atoms with Crippen LogP contribution in [-0.4, -0.2) is 49.2 Å². The third-order valence-corrected chi connectivity index (χ3v) is 3.27. The molecule has 2 aliphatic heterocycles. The predicted molar refractivity (Wildman–Crippen MR) is 57.6 cm³/mol. The van der Waals surface area contributed by atoms with Crippen molar-refractivity contribution in [3.8, 4) is 0 Å². The van der Waals surface area contributed by atoms with E-state index in [-0.39, 0.29) is 11.9 Å². The summed E-state index contributed by atoms with van der Waals surface area (Å²) in [5, 5.41) is 3.26. The van der Waals surface area contributed by atoms with Gasteiger partial charge in [-0.25, -0.2) is 0 Å². The lowest BCUT2D eigenvalue weighted by molar-refractivity contribution is -0.138. The van der Waals surface area contributed by atoms with E-state index in [2.05, 4.69) is 5.32 Å². The number of piperidine rings is 1. The SMILES string of the molecule is CCNC1CCCN(C2CCOC2)C1=O. The number of hydrogen-bond donors (Lipinski definition) is 1. The highest BCUT2D eigenvalue weighted by Gasteiger charge is 2.34. The molecule has 2 atom stereocenters. The summed E-state index contributed by atoms with van der Waals surface area (Å²) in [6.07, 6.45) is 3.10. The van der Waals surface area contributed by atoms with Crippen LogP contribution in [0, 0.1) is 0 Å². The Labute approximate surface area is 91.0 Å². The first-order chi connectivity index (χ1) is 7.33. The molecule has 0 aromatic carbocycles. The van der Waals surface area contributed by atoms with E-state index in [0.717, 1.165) is 45.6 Å². The van der Waals surface area contributed by atoms with Crippen LogP contribution in [0.25, 0.3) is 0 Å². The number of amides is 1. The Morgan fingerprint density at radius 1 is 1.53 bits per heavy atom. The lowest BCUT2D eigenvalue weighted by Crippen LogP contribution is -2.54. The minimum absolute atomic E-state index is 0.0457. The van der Waals surface area contributed by atoms with Crippen LogP contribution in [0.3, 0.4) is 0 Å². The van der Waals surface area contributed by atoms with Crippen molar-refractivity contribution in [3.05, 3.63) is 0 Å². The number of likely N-dealkylation sites (tertiary alicyclic amines) is 1. The Balaban J connectivity index is 1.95. The fourth-order valence-corrected chi connectivity index (χ4v) is 2.47. The molecule has 0 aromatic rings. The molecular formula is C11H20N2O2. The Hall–Kier alpha value is -0.610. The molecular weight excluding hydrogens is 192 g/mol. The van der Waals surface area contributed by atoms with Crippen LogP contribution in [0.2, 0.25) is 0 Å². The van der Waals surface area contributed by atoms with Crippen molar-refractivity contribution < 1.29 is 9.53 Å². The van der Waals surface area contributed by atoms with Crippen LogP contribution in [0.1, 0.15) is 26.2 Å². The highest BCUT2D eigenvalue weighted by Crippen LogP contribution is 2.19. The minimum atomic E-state index is 0.0457. The second kappa shape index (κ2) is 4.94. The average Bonchev–Trinajstić information content (AvgIpc) is 2.74. The Kier molecular flexibility index (Phi) is 3.59. The Morgan fingerprint density at radius 3 is 3.07 bits per heavy atom. The maximum Gasteiger partial charge on any atom is 0.240 e. The third-order valence-electron chi connectivity index (χ3n) is 3.27. The molecule has 2 fully saturated rings. The Bertz CT molecular complexity index is 225. The maximum atomic E-state index is 12.1. The van der Waals surface area contributed by atoms with Gasteiger partial charge < -0.3 is 15.0 Å². The number of rotatable bonds is 3. The number of nitrogens with zero attached hydrogens (tertiary/aromatic N) is 1. The van der Waals surface area contributed by atoms with E-state index in [1.165, 1.54) is 0 Å². The maximum absolute atomic E-state index is 12.1. The summed E-state index contributed by atoms with van der Waals surface area (Å²) in [7, 11) is 0. The van der Waals surface area contributed by atoms with Gasteiger partial charge in [-0.3, -0.25) is 4.79 Å². The van der Waals surface area contributed by atoms with E-state index >= 15 is 0 Å². The molecule has 0 spiro atoms. The van der Waals surface area contributed by atoms with Crippen molar-refractivity contribution in [3.63, 3.8) is 0 Å². The van der Waals surface area contributed by atoms with Gasteiger partial charge in [-0.05, 0) is 25.8 Å². The molecule has 2 heterocycles. The highest BCUT2D eigenvalue weighted by atomic mass is 16.5. The lowest BCUT2D eigenvalue weighted by Gasteiger charge is -2.36. The Morgan fingerprint density at radius 2 is 2.40 bits per heavy atom. The van der Waals surface area contributed by atoms with Gasteiger partial charge in [-0.15, -0.1) is 0 Å². The zero-order valence-electron chi connectivity index (χ0n) is 9.37. The molecule has 1 amide bonds. The average molecular weight is 212 g/mol. The number of ether oxygens (including phenoxy) is 1. The van der Waals surface area contributed by atoms with Gasteiger partial charge in [0, 0.05) is 13.2 Å². The van der Waals surface area contributed by atoms with Crippen LogP contribution >= 0.6 is 0 Å². The topological polar surface area (TPSA) is 41.6 Å². The van der Waals surface area contributed by atoms with Gasteiger partial charge in [0.25, 0.3) is 0 Å². The first-order valence-corrected chi connectivity index (χ1v) is 5.94. The van der Waals surface area contributed by atoms with E-state index in [1.54, 1.807) is 0 Å². The van der Waals surface area contributed by atoms with E-state index in [4.69, 9.17) is 4.74 Å². The molecule has 0 radical (unpaired) electrons. The van der Waals surface area contributed by atoms with Crippen LogP contribution in [0.4, 0.5) is 0 Å². The molecule has 86 valence electrons. The molecule has 0 bridgehead atoms. The van der Waals surface area contributed by atoms with Gasteiger partial charge in [0.15, 0.2) is 0 Å². The lowest BCUT2D eigenvalue weighted by atomic mass is 10.0. The zero-order valence-corrected chi connectivity index (χ0v) is 9.37. The van der Waals surface area contributed by atoms with Crippen molar-refractivity contribution in [2.45, 2.75) is 38.3 Å². The number of likely N-dealkylation sites (N-methyl/N-ethyl adjacent to an activating group) is 1. The highest BCUT2D eigenvalue weighted by molar-refractivity contribution is 5.83. The van der Waals surface area contributed by atoms with Gasteiger partial charge >= 0.3 is 0 Å². The molecule has 2 aliphatic rings. The third kappa shape index (κ3) is 2.32. The summed E-state index contributed by atoms with van der Waals surface area (Å²) in [4.78, 5) is 14.1. The molecule has 1 N–H and O–H groups in total. The predicted octanol–water partition coefficient (Wildman–Crippen LogP) is 0.376. The number of hydrogen-bond acceptors (Lipinski definition) is 3. The molecule has 4 nitrogen and oxygen atoms in total. The second-order valence-corrected chi connectivity index (χ2v) is 4.30.